The molecule has 33 heavy (non-hydrogen) atoms. The molecule has 1 aliphatic rings. The fourth-order valence-corrected chi connectivity index (χ4v) is 5.14. The first kappa shape index (κ1) is 25.5. The number of thioether (sulfide) groups is 1. The van der Waals surface area contributed by atoms with Crippen LogP contribution in [0.2, 0.25) is 5.02 Å². The lowest BCUT2D eigenvalue weighted by molar-refractivity contribution is -0.137. The van der Waals surface area contributed by atoms with E-state index in [0.717, 1.165) is 56.9 Å². The van der Waals surface area contributed by atoms with Gasteiger partial charge in [0.2, 0.25) is 0 Å². The lowest BCUT2D eigenvalue weighted by Gasteiger charge is -2.14. The highest BCUT2D eigenvalue weighted by molar-refractivity contribution is 8.26. The van der Waals surface area contributed by atoms with Crippen LogP contribution < -0.4 is 0 Å². The second-order valence-electron chi connectivity index (χ2n) is 8.02. The first-order valence-corrected chi connectivity index (χ1v) is 12.9. The van der Waals surface area contributed by atoms with Crippen LogP contribution in [0.15, 0.2) is 45.7 Å². The second-order valence-corrected chi connectivity index (χ2v) is 10.1. The van der Waals surface area contributed by atoms with E-state index >= 15 is 0 Å². The minimum Gasteiger partial charge on any atom is -0.481 e. The molecular weight excluding hydrogens is 478 g/mol. The fraction of sp³-hybridized carbons (Fsp3) is 0.400. The topological polar surface area (TPSA) is 70.8 Å². The van der Waals surface area contributed by atoms with Crippen molar-refractivity contribution in [2.24, 2.45) is 0 Å². The number of benzene rings is 1. The predicted octanol–water partition coefficient (Wildman–Crippen LogP) is 7.40. The number of hydrogen-bond acceptors (Lipinski definition) is 5. The van der Waals surface area contributed by atoms with Crippen LogP contribution in [0.1, 0.15) is 63.5 Å². The summed E-state index contributed by atoms with van der Waals surface area (Å²) in [5, 5.41) is 9.27. The molecule has 2 heterocycles. The Balaban J connectivity index is 1.41. The summed E-state index contributed by atoms with van der Waals surface area (Å²) in [4.78, 5) is 25.5. The maximum absolute atomic E-state index is 12.8. The van der Waals surface area contributed by atoms with Crippen molar-refractivity contribution in [3.8, 4) is 11.3 Å². The van der Waals surface area contributed by atoms with Gasteiger partial charge in [-0.3, -0.25) is 14.5 Å². The zero-order chi connectivity index (χ0) is 23.6. The van der Waals surface area contributed by atoms with Gasteiger partial charge in [-0.25, -0.2) is 0 Å². The molecule has 0 atom stereocenters. The van der Waals surface area contributed by atoms with Gasteiger partial charge in [-0.1, -0.05) is 86.2 Å². The molecular formula is C25H28ClNO4S2. The Morgan fingerprint density at radius 1 is 1.06 bits per heavy atom. The number of thiocarbonyl (C=S) groups is 1. The van der Waals surface area contributed by atoms with Crippen LogP contribution in [0, 0.1) is 0 Å². The predicted molar refractivity (Wildman–Crippen MR) is 138 cm³/mol. The number of nitrogens with zero attached hydrogens (tertiary/aromatic N) is 1. The summed E-state index contributed by atoms with van der Waals surface area (Å²) in [5.74, 6) is 0.520. The number of amides is 1. The van der Waals surface area contributed by atoms with Crippen LogP contribution in [0.5, 0.6) is 0 Å². The Morgan fingerprint density at radius 2 is 1.76 bits per heavy atom. The fourth-order valence-electron chi connectivity index (χ4n) is 3.66. The van der Waals surface area contributed by atoms with Gasteiger partial charge < -0.3 is 9.52 Å². The van der Waals surface area contributed by atoms with Gasteiger partial charge in [0.1, 0.15) is 15.8 Å². The van der Waals surface area contributed by atoms with Crippen LogP contribution in [-0.4, -0.2) is 32.7 Å². The molecule has 1 amide bonds. The Kier molecular flexibility index (Phi) is 10.0. The highest BCUT2D eigenvalue weighted by Crippen LogP contribution is 2.34. The third-order valence-corrected chi connectivity index (χ3v) is 7.02. The summed E-state index contributed by atoms with van der Waals surface area (Å²) in [7, 11) is 0. The molecule has 1 fully saturated rings. The van der Waals surface area contributed by atoms with E-state index in [1.54, 1.807) is 11.0 Å². The maximum Gasteiger partial charge on any atom is 0.303 e. The maximum atomic E-state index is 12.8. The van der Waals surface area contributed by atoms with Crippen molar-refractivity contribution >= 4 is 57.9 Å². The van der Waals surface area contributed by atoms with Crippen LogP contribution >= 0.6 is 35.6 Å². The van der Waals surface area contributed by atoms with E-state index in [0.29, 0.717) is 32.3 Å². The van der Waals surface area contributed by atoms with Gasteiger partial charge in [-0.2, -0.15) is 0 Å². The first-order chi connectivity index (χ1) is 15.9. The van der Waals surface area contributed by atoms with E-state index in [2.05, 4.69) is 0 Å². The van der Waals surface area contributed by atoms with E-state index in [9.17, 15) is 9.59 Å². The molecule has 1 aromatic heterocycles. The molecule has 0 radical (unpaired) electrons. The van der Waals surface area contributed by atoms with Gasteiger partial charge in [0.25, 0.3) is 5.91 Å². The van der Waals surface area contributed by atoms with Gasteiger partial charge in [0.15, 0.2) is 0 Å². The third-order valence-electron chi connectivity index (χ3n) is 5.41. The minimum absolute atomic E-state index is 0.0656. The Labute approximate surface area is 209 Å². The lowest BCUT2D eigenvalue weighted by atomic mass is 10.1. The SMILES string of the molecule is O=C(O)CCCCCCCCCCN1C(=O)/C(=C/c2ccc(-c3cccc(Cl)c3)o2)SC1=S. The van der Waals surface area contributed by atoms with Crippen molar-refractivity contribution < 1.29 is 19.1 Å². The van der Waals surface area contributed by atoms with Crippen molar-refractivity contribution in [1.82, 2.24) is 4.90 Å². The van der Waals surface area contributed by atoms with Crippen molar-refractivity contribution in [2.45, 2.75) is 57.8 Å². The molecule has 0 aliphatic carbocycles. The second kappa shape index (κ2) is 13.0. The monoisotopic (exact) mass is 505 g/mol. The molecule has 2 aromatic rings. The summed E-state index contributed by atoms with van der Waals surface area (Å²) in [6, 6.07) is 11.1. The van der Waals surface area contributed by atoms with Crippen molar-refractivity contribution in [3.05, 3.63) is 52.1 Å². The van der Waals surface area contributed by atoms with Crippen LogP contribution in [0.25, 0.3) is 17.4 Å². The van der Waals surface area contributed by atoms with E-state index < -0.39 is 5.97 Å². The number of carbonyl (C=O) groups is 2. The number of hydrogen-bond donors (Lipinski definition) is 1. The van der Waals surface area contributed by atoms with Crippen LogP contribution in [0.3, 0.4) is 0 Å². The largest absolute Gasteiger partial charge is 0.481 e. The van der Waals surface area contributed by atoms with E-state index in [-0.39, 0.29) is 12.3 Å². The zero-order valence-corrected chi connectivity index (χ0v) is 20.8. The molecule has 1 aliphatic heterocycles. The molecule has 1 aromatic carbocycles. The average Bonchev–Trinajstić information content (AvgIpc) is 3.34. The van der Waals surface area contributed by atoms with Crippen LogP contribution in [0.4, 0.5) is 0 Å². The summed E-state index contributed by atoms with van der Waals surface area (Å²) in [6.07, 6.45) is 10.2. The van der Waals surface area contributed by atoms with E-state index in [1.807, 2.05) is 36.4 Å². The Hall–Kier alpha value is -2.09. The molecule has 0 spiro atoms. The summed E-state index contributed by atoms with van der Waals surface area (Å²) in [5.41, 5.74) is 0.884. The van der Waals surface area contributed by atoms with Crippen molar-refractivity contribution in [2.75, 3.05) is 6.54 Å². The molecule has 5 nitrogen and oxygen atoms in total. The molecule has 0 unspecified atom stereocenters. The minimum atomic E-state index is -0.716. The highest BCUT2D eigenvalue weighted by atomic mass is 35.5. The third kappa shape index (κ3) is 8.02. The lowest BCUT2D eigenvalue weighted by Crippen LogP contribution is -2.28. The van der Waals surface area contributed by atoms with Gasteiger partial charge in [-0.15, -0.1) is 0 Å². The summed E-state index contributed by atoms with van der Waals surface area (Å²) in [6.45, 7) is 0.631. The van der Waals surface area contributed by atoms with E-state index in [1.165, 1.54) is 11.8 Å². The zero-order valence-electron chi connectivity index (χ0n) is 18.4. The normalized spacial score (nSPS) is 15.1. The number of halogens is 1. The molecule has 8 heteroatoms. The van der Waals surface area contributed by atoms with E-state index in [4.69, 9.17) is 33.3 Å². The molecule has 176 valence electrons. The quantitative estimate of drug-likeness (QED) is 0.174. The highest BCUT2D eigenvalue weighted by Gasteiger charge is 2.31. The first-order valence-electron chi connectivity index (χ1n) is 11.3. The van der Waals surface area contributed by atoms with Gasteiger partial charge in [0.05, 0.1) is 4.91 Å². The van der Waals surface area contributed by atoms with Gasteiger partial charge >= 0.3 is 5.97 Å². The molecule has 0 bridgehead atoms. The van der Waals surface area contributed by atoms with Gasteiger partial charge in [0, 0.05) is 29.6 Å². The number of rotatable bonds is 13. The van der Waals surface area contributed by atoms with Gasteiger partial charge in [-0.05, 0) is 37.1 Å². The molecule has 1 N–H and O–H groups in total. The number of furan rings is 1. The standard InChI is InChI=1S/C25H28ClNO4S2/c26-19-11-9-10-18(16-19)21-14-13-20(31-21)17-22-24(30)27(25(32)33-22)15-8-6-4-2-1-3-5-7-12-23(28)29/h9-11,13-14,16-17H,1-8,12,15H2,(H,28,29)/b22-17-. The molecule has 0 saturated carbocycles. The number of aliphatic carboxylic acids is 1. The Bertz CT molecular complexity index is 1020. The van der Waals surface area contributed by atoms with Crippen LogP contribution in [-0.2, 0) is 9.59 Å². The number of carboxylic acids is 1. The molecule has 3 rings (SSSR count). The molecule has 1 saturated heterocycles. The van der Waals surface area contributed by atoms with Crippen molar-refractivity contribution in [3.63, 3.8) is 0 Å². The number of unbranched alkanes of at least 4 members (excludes halogenated alkanes) is 7. The number of carboxylic acid groups (broad SMARTS) is 1. The van der Waals surface area contributed by atoms with Crippen molar-refractivity contribution in [1.29, 1.82) is 0 Å². The Morgan fingerprint density at radius 3 is 2.45 bits per heavy atom. The summed E-state index contributed by atoms with van der Waals surface area (Å²) >= 11 is 12.8. The summed E-state index contributed by atoms with van der Waals surface area (Å²) < 4.78 is 6.48. The average molecular weight is 506 g/mol. The number of carbonyl (C=O) groups excluding carboxylic acids is 1. The smallest absolute Gasteiger partial charge is 0.303 e.